The highest BCUT2D eigenvalue weighted by atomic mass is 14.2. The van der Waals surface area contributed by atoms with Crippen molar-refractivity contribution in [2.24, 2.45) is 0 Å². The average Bonchev–Trinajstić information content (AvgIpc) is 2.80. The Bertz CT molecular complexity index is 816. The standard InChI is InChI=1S/C30H36/c1-2-4-6-8-12-22-28-24-23-27(21-11-7-5-3-1)29(25-17-13-9-14-18-25)30(28)26-19-15-10-16-20-26/h9-10,13-20,23-24H,1-8,11-12,21-22H2. The fraction of sp³-hybridized carbons (Fsp3) is 0.400. The van der Waals surface area contributed by atoms with Crippen LogP contribution in [0.3, 0.4) is 0 Å². The first-order valence-corrected chi connectivity index (χ1v) is 12.2. The zero-order chi connectivity index (χ0) is 20.4. The largest absolute Gasteiger partial charge is 0.0622 e. The van der Waals surface area contributed by atoms with Crippen molar-refractivity contribution in [2.75, 3.05) is 0 Å². The summed E-state index contributed by atoms with van der Waals surface area (Å²) in [4.78, 5) is 0. The second-order valence-corrected chi connectivity index (χ2v) is 8.90. The van der Waals surface area contributed by atoms with Gasteiger partial charge in [0, 0.05) is 0 Å². The van der Waals surface area contributed by atoms with E-state index in [9.17, 15) is 0 Å². The van der Waals surface area contributed by atoms with Crippen LogP contribution in [0.1, 0.15) is 75.3 Å². The summed E-state index contributed by atoms with van der Waals surface area (Å²) >= 11 is 0. The molecular formula is C30H36. The summed E-state index contributed by atoms with van der Waals surface area (Å²) in [5.74, 6) is 0. The lowest BCUT2D eigenvalue weighted by atomic mass is 9.84. The molecule has 3 aromatic carbocycles. The summed E-state index contributed by atoms with van der Waals surface area (Å²) in [7, 11) is 0. The molecule has 1 aliphatic carbocycles. The Labute approximate surface area is 183 Å². The van der Waals surface area contributed by atoms with Crippen LogP contribution in [0.15, 0.2) is 72.8 Å². The fourth-order valence-corrected chi connectivity index (χ4v) is 5.02. The molecule has 4 rings (SSSR count). The Hall–Kier alpha value is -2.34. The molecule has 0 radical (unpaired) electrons. The Balaban J connectivity index is 1.79. The zero-order valence-electron chi connectivity index (χ0n) is 18.4. The summed E-state index contributed by atoms with van der Waals surface area (Å²) in [6.45, 7) is 0. The van der Waals surface area contributed by atoms with E-state index in [1.807, 2.05) is 0 Å². The highest BCUT2D eigenvalue weighted by Gasteiger charge is 2.16. The van der Waals surface area contributed by atoms with Gasteiger partial charge in [0.2, 0.25) is 0 Å². The van der Waals surface area contributed by atoms with Crippen LogP contribution in [0, 0.1) is 0 Å². The molecule has 0 saturated carbocycles. The van der Waals surface area contributed by atoms with Crippen molar-refractivity contribution < 1.29 is 0 Å². The van der Waals surface area contributed by atoms with Gasteiger partial charge in [0.1, 0.15) is 0 Å². The van der Waals surface area contributed by atoms with E-state index in [1.54, 1.807) is 0 Å². The molecule has 1 aliphatic rings. The maximum absolute atomic E-state index is 2.44. The Morgan fingerprint density at radius 1 is 0.333 bits per heavy atom. The Morgan fingerprint density at radius 2 is 0.667 bits per heavy atom. The van der Waals surface area contributed by atoms with E-state index in [-0.39, 0.29) is 0 Å². The van der Waals surface area contributed by atoms with Gasteiger partial charge in [-0.3, -0.25) is 0 Å². The van der Waals surface area contributed by atoms with Gasteiger partial charge in [-0.1, -0.05) is 124 Å². The summed E-state index contributed by atoms with van der Waals surface area (Å²) < 4.78 is 0. The first kappa shape index (κ1) is 20.9. The van der Waals surface area contributed by atoms with Crippen LogP contribution in [0.4, 0.5) is 0 Å². The number of aryl methyl sites for hydroxylation is 2. The molecule has 0 nitrogen and oxygen atoms in total. The second-order valence-electron chi connectivity index (χ2n) is 8.90. The van der Waals surface area contributed by atoms with Crippen LogP contribution in [-0.2, 0) is 12.8 Å². The minimum absolute atomic E-state index is 1.18. The maximum Gasteiger partial charge on any atom is -0.00705 e. The molecule has 0 heterocycles. The van der Waals surface area contributed by atoms with Crippen molar-refractivity contribution in [1.82, 2.24) is 0 Å². The summed E-state index contributed by atoms with van der Waals surface area (Å²) in [6.07, 6.45) is 16.2. The average molecular weight is 397 g/mol. The van der Waals surface area contributed by atoms with Crippen LogP contribution >= 0.6 is 0 Å². The number of fused-ring (bicyclic) bond motifs is 3. The van der Waals surface area contributed by atoms with Crippen molar-refractivity contribution >= 4 is 0 Å². The normalized spacial score (nSPS) is 16.4. The SMILES string of the molecule is c1ccc(-c2c3ccc(c2-c2ccccc2)CCCCCCCCCCCC3)cc1. The molecular weight excluding hydrogens is 360 g/mol. The lowest BCUT2D eigenvalue weighted by molar-refractivity contribution is 0.550. The molecule has 0 aliphatic heterocycles. The van der Waals surface area contributed by atoms with Gasteiger partial charge < -0.3 is 0 Å². The van der Waals surface area contributed by atoms with Crippen molar-refractivity contribution in [3.8, 4) is 22.3 Å². The van der Waals surface area contributed by atoms with Crippen LogP contribution in [-0.4, -0.2) is 0 Å². The predicted molar refractivity (Wildman–Crippen MR) is 131 cm³/mol. The van der Waals surface area contributed by atoms with Gasteiger partial charge in [-0.25, -0.2) is 0 Å². The van der Waals surface area contributed by atoms with E-state index in [0.29, 0.717) is 0 Å². The summed E-state index contributed by atoms with van der Waals surface area (Å²) in [5.41, 5.74) is 8.74. The number of rotatable bonds is 2. The minimum Gasteiger partial charge on any atom is -0.0622 e. The van der Waals surface area contributed by atoms with Crippen LogP contribution in [0.5, 0.6) is 0 Å². The molecule has 0 saturated heterocycles. The second kappa shape index (κ2) is 11.2. The van der Waals surface area contributed by atoms with Crippen molar-refractivity contribution in [2.45, 2.75) is 77.0 Å². The molecule has 0 heteroatoms. The third-order valence-electron chi connectivity index (χ3n) is 6.65. The minimum atomic E-state index is 1.18. The third-order valence-corrected chi connectivity index (χ3v) is 6.65. The zero-order valence-corrected chi connectivity index (χ0v) is 18.4. The molecule has 0 N–H and O–H groups in total. The molecule has 0 spiro atoms. The molecule has 0 amide bonds. The van der Waals surface area contributed by atoms with Gasteiger partial charge in [-0.05, 0) is 59.1 Å². The maximum atomic E-state index is 2.44. The van der Waals surface area contributed by atoms with Crippen LogP contribution in [0.2, 0.25) is 0 Å². The molecule has 3 aromatic rings. The summed E-state index contributed by atoms with van der Waals surface area (Å²) in [6, 6.07) is 27.1. The van der Waals surface area contributed by atoms with E-state index in [0.717, 1.165) is 0 Å². The molecule has 2 bridgehead atoms. The first-order chi connectivity index (χ1) is 14.9. The van der Waals surface area contributed by atoms with Gasteiger partial charge in [-0.15, -0.1) is 0 Å². The number of benzene rings is 3. The van der Waals surface area contributed by atoms with Crippen molar-refractivity contribution in [1.29, 1.82) is 0 Å². The quantitative estimate of drug-likeness (QED) is 0.405. The van der Waals surface area contributed by atoms with Gasteiger partial charge in [0.15, 0.2) is 0 Å². The molecule has 0 atom stereocenters. The van der Waals surface area contributed by atoms with E-state index in [2.05, 4.69) is 72.8 Å². The number of hydrogen-bond acceptors (Lipinski definition) is 0. The monoisotopic (exact) mass is 396 g/mol. The third kappa shape index (κ3) is 5.42. The molecule has 0 fully saturated rings. The highest BCUT2D eigenvalue weighted by molar-refractivity contribution is 5.88. The smallest absolute Gasteiger partial charge is 0.00705 e. The van der Waals surface area contributed by atoms with Gasteiger partial charge in [-0.2, -0.15) is 0 Å². The number of hydrogen-bond donors (Lipinski definition) is 0. The highest BCUT2D eigenvalue weighted by Crippen LogP contribution is 2.39. The molecule has 0 aromatic heterocycles. The van der Waals surface area contributed by atoms with E-state index in [4.69, 9.17) is 0 Å². The predicted octanol–water partition coefficient (Wildman–Crippen LogP) is 9.02. The summed E-state index contributed by atoms with van der Waals surface area (Å²) in [5, 5.41) is 0. The fourth-order valence-electron chi connectivity index (χ4n) is 5.02. The van der Waals surface area contributed by atoms with Gasteiger partial charge in [0.25, 0.3) is 0 Å². The van der Waals surface area contributed by atoms with Crippen LogP contribution in [0.25, 0.3) is 22.3 Å². The Kier molecular flexibility index (Phi) is 7.78. The van der Waals surface area contributed by atoms with Gasteiger partial charge >= 0.3 is 0 Å². The van der Waals surface area contributed by atoms with Crippen molar-refractivity contribution in [3.05, 3.63) is 83.9 Å². The van der Waals surface area contributed by atoms with E-state index in [1.165, 1.54) is 110 Å². The van der Waals surface area contributed by atoms with E-state index < -0.39 is 0 Å². The lowest BCUT2D eigenvalue weighted by Crippen LogP contribution is -2.00. The Morgan fingerprint density at radius 3 is 1.03 bits per heavy atom. The molecule has 156 valence electrons. The lowest BCUT2D eigenvalue weighted by Gasteiger charge is -2.20. The van der Waals surface area contributed by atoms with Crippen molar-refractivity contribution in [3.63, 3.8) is 0 Å². The molecule has 30 heavy (non-hydrogen) atoms. The van der Waals surface area contributed by atoms with Gasteiger partial charge in [0.05, 0.1) is 0 Å². The first-order valence-electron chi connectivity index (χ1n) is 12.2. The van der Waals surface area contributed by atoms with E-state index >= 15 is 0 Å². The topological polar surface area (TPSA) is 0 Å². The van der Waals surface area contributed by atoms with Crippen LogP contribution < -0.4 is 0 Å². The molecule has 0 unspecified atom stereocenters.